The number of ether oxygens (including phenoxy) is 2. The van der Waals surface area contributed by atoms with Gasteiger partial charge in [-0.3, -0.25) is 9.78 Å². The number of methoxy groups -OCH3 is 2. The lowest BCUT2D eigenvalue weighted by molar-refractivity contribution is -0.140. The highest BCUT2D eigenvalue weighted by Gasteiger charge is 2.20. The van der Waals surface area contributed by atoms with E-state index in [1.165, 1.54) is 36.6 Å². The Morgan fingerprint density at radius 3 is 2.35 bits per heavy atom. The lowest BCUT2D eigenvalue weighted by atomic mass is 9.97. The fourth-order valence-corrected chi connectivity index (χ4v) is 6.44. The number of nitrogens with zero attached hydrogens (tertiary/aromatic N) is 1. The Morgan fingerprint density at radius 1 is 0.875 bits per heavy atom. The van der Waals surface area contributed by atoms with Gasteiger partial charge < -0.3 is 9.47 Å². The molecule has 1 unspecified atom stereocenters. The van der Waals surface area contributed by atoms with Crippen LogP contribution in [0.15, 0.2) is 78.9 Å². The summed E-state index contributed by atoms with van der Waals surface area (Å²) < 4.78 is 10.3. The summed E-state index contributed by atoms with van der Waals surface area (Å²) in [5.74, 6) is 1.48. The number of unbranched alkanes of at least 4 members (excludes halogenated alkanes) is 4. The summed E-state index contributed by atoms with van der Waals surface area (Å²) in [6.45, 7) is 0. The van der Waals surface area contributed by atoms with Crippen LogP contribution in [0.4, 0.5) is 0 Å². The highest BCUT2D eigenvalue weighted by Crippen LogP contribution is 2.37. The molecule has 0 saturated carbocycles. The smallest absolute Gasteiger partial charge is 0.306 e. The van der Waals surface area contributed by atoms with Gasteiger partial charge in [-0.25, -0.2) is 0 Å². The van der Waals surface area contributed by atoms with Crippen LogP contribution in [0.3, 0.4) is 0 Å². The van der Waals surface area contributed by atoms with Gasteiger partial charge in [0.15, 0.2) is 0 Å². The Labute approximate surface area is 247 Å². The molecule has 4 aromatic rings. The molecule has 1 atom stereocenters. The largest absolute Gasteiger partial charge is 0.497 e. The predicted octanol–water partition coefficient (Wildman–Crippen LogP) is 9.17. The number of aryl methyl sites for hydroxylation is 2. The minimum absolute atomic E-state index is 0.0463. The first-order valence-corrected chi connectivity index (χ1v) is 15.4. The van der Waals surface area contributed by atoms with E-state index in [1.807, 2.05) is 42.5 Å². The van der Waals surface area contributed by atoms with Gasteiger partial charge in [0.25, 0.3) is 0 Å². The maximum atomic E-state index is 12.3. The molecule has 0 aliphatic heterocycles. The lowest BCUT2D eigenvalue weighted by Gasteiger charge is -2.20. The number of halogens is 1. The molecule has 0 saturated heterocycles. The number of hydrogen-bond acceptors (Lipinski definition) is 5. The van der Waals surface area contributed by atoms with Crippen LogP contribution in [0.25, 0.3) is 10.9 Å². The van der Waals surface area contributed by atoms with Crippen molar-refractivity contribution in [3.63, 3.8) is 0 Å². The Hall–Kier alpha value is -3.02. The van der Waals surface area contributed by atoms with Gasteiger partial charge in [-0.2, -0.15) is 0 Å². The first-order chi connectivity index (χ1) is 19.6. The Morgan fingerprint density at radius 2 is 1.57 bits per heavy atom. The molecule has 0 aliphatic rings. The number of esters is 1. The molecule has 4 rings (SSSR count). The van der Waals surface area contributed by atoms with Gasteiger partial charge in [-0.1, -0.05) is 85.5 Å². The zero-order valence-corrected chi connectivity index (χ0v) is 25.0. The average molecular weight is 576 g/mol. The van der Waals surface area contributed by atoms with Crippen LogP contribution in [0.2, 0.25) is 5.02 Å². The molecule has 0 bridgehead atoms. The molecule has 1 aromatic heterocycles. The summed E-state index contributed by atoms with van der Waals surface area (Å²) in [5, 5.41) is 1.90. The summed E-state index contributed by atoms with van der Waals surface area (Å²) in [4.78, 5) is 17.1. The topological polar surface area (TPSA) is 48.4 Å². The third-order valence-electron chi connectivity index (χ3n) is 7.20. The highest BCUT2D eigenvalue weighted by molar-refractivity contribution is 7.98. The second-order valence-electron chi connectivity index (χ2n) is 10.0. The summed E-state index contributed by atoms with van der Waals surface area (Å²) in [6, 6.07) is 26.8. The molecule has 0 N–H and O–H groups in total. The number of benzene rings is 3. The van der Waals surface area contributed by atoms with E-state index in [9.17, 15) is 4.79 Å². The van der Waals surface area contributed by atoms with Crippen molar-refractivity contribution < 1.29 is 14.3 Å². The van der Waals surface area contributed by atoms with Crippen molar-refractivity contribution in [3.8, 4) is 5.75 Å². The molecule has 4 nitrogen and oxygen atoms in total. The van der Waals surface area contributed by atoms with E-state index in [4.69, 9.17) is 26.1 Å². The zero-order chi connectivity index (χ0) is 28.2. The van der Waals surface area contributed by atoms with E-state index in [1.54, 1.807) is 18.9 Å². The van der Waals surface area contributed by atoms with Crippen LogP contribution in [-0.4, -0.2) is 25.2 Å². The van der Waals surface area contributed by atoms with Crippen molar-refractivity contribution in [2.45, 2.75) is 62.4 Å². The van der Waals surface area contributed by atoms with Crippen molar-refractivity contribution in [2.24, 2.45) is 0 Å². The molecule has 210 valence electrons. The van der Waals surface area contributed by atoms with Crippen molar-refractivity contribution >= 4 is 40.2 Å². The third-order valence-corrected chi connectivity index (χ3v) is 8.85. The minimum atomic E-state index is -0.178. The van der Waals surface area contributed by atoms with Crippen molar-refractivity contribution in [1.82, 2.24) is 4.98 Å². The normalized spacial score (nSPS) is 11.9. The molecular weight excluding hydrogens is 538 g/mol. The summed E-state index contributed by atoms with van der Waals surface area (Å²) in [6.07, 6.45) is 8.01. The molecule has 0 radical (unpaired) electrons. The second-order valence-corrected chi connectivity index (χ2v) is 11.6. The second kappa shape index (κ2) is 15.7. The predicted molar refractivity (Wildman–Crippen MR) is 167 cm³/mol. The Kier molecular flexibility index (Phi) is 11.7. The monoisotopic (exact) mass is 575 g/mol. The number of pyridine rings is 1. The van der Waals surface area contributed by atoms with Crippen LogP contribution >= 0.6 is 23.4 Å². The van der Waals surface area contributed by atoms with Crippen molar-refractivity contribution in [3.05, 3.63) is 106 Å². The number of rotatable bonds is 15. The molecule has 0 fully saturated rings. The first kappa shape index (κ1) is 30.0. The Balaban J connectivity index is 1.27. The summed E-state index contributed by atoms with van der Waals surface area (Å²) >= 11 is 8.28. The van der Waals surface area contributed by atoms with E-state index in [0.717, 1.165) is 65.2 Å². The molecule has 40 heavy (non-hydrogen) atoms. The van der Waals surface area contributed by atoms with Gasteiger partial charge in [-0.05, 0) is 66.6 Å². The number of para-hydroxylation sites is 1. The van der Waals surface area contributed by atoms with E-state index < -0.39 is 0 Å². The zero-order valence-electron chi connectivity index (χ0n) is 23.4. The lowest BCUT2D eigenvalue weighted by Crippen LogP contribution is -2.09. The van der Waals surface area contributed by atoms with Gasteiger partial charge >= 0.3 is 5.97 Å². The molecule has 0 aliphatic carbocycles. The number of carbonyl (C=O) groups excluding carboxylic acids is 1. The van der Waals surface area contributed by atoms with E-state index in [2.05, 4.69) is 36.4 Å². The van der Waals surface area contributed by atoms with Crippen molar-refractivity contribution in [1.29, 1.82) is 0 Å². The van der Waals surface area contributed by atoms with Gasteiger partial charge in [0.2, 0.25) is 0 Å². The van der Waals surface area contributed by atoms with Crippen LogP contribution < -0.4 is 4.74 Å². The van der Waals surface area contributed by atoms with E-state index >= 15 is 0 Å². The van der Waals surface area contributed by atoms with Gasteiger partial charge in [0, 0.05) is 16.4 Å². The number of aromatic nitrogens is 1. The SMILES string of the molecule is COC(=O)CC(SCc1ccc(OC)cc1)c1ccccc1CCCCCCCc1nc2ccccc2cc1Cl. The van der Waals surface area contributed by atoms with E-state index in [0.29, 0.717) is 6.42 Å². The number of fused-ring (bicyclic) bond motifs is 1. The first-order valence-electron chi connectivity index (χ1n) is 14.0. The maximum absolute atomic E-state index is 12.3. The molecule has 0 spiro atoms. The Bertz CT molecular complexity index is 1380. The molecule has 6 heteroatoms. The fourth-order valence-electron chi connectivity index (χ4n) is 4.93. The van der Waals surface area contributed by atoms with Gasteiger partial charge in [-0.15, -0.1) is 11.8 Å². The molecule has 0 amide bonds. The minimum Gasteiger partial charge on any atom is -0.497 e. The van der Waals surface area contributed by atoms with Crippen LogP contribution in [0.5, 0.6) is 5.75 Å². The fraction of sp³-hybridized carbons (Fsp3) is 0.353. The third kappa shape index (κ3) is 8.74. The van der Waals surface area contributed by atoms with Gasteiger partial charge in [0.1, 0.15) is 5.75 Å². The molecular formula is C34H38ClNO3S. The summed E-state index contributed by atoms with van der Waals surface area (Å²) in [5.41, 5.74) is 5.78. The number of hydrogen-bond donors (Lipinski definition) is 0. The van der Waals surface area contributed by atoms with Crippen molar-refractivity contribution in [2.75, 3.05) is 14.2 Å². The molecule has 1 heterocycles. The summed E-state index contributed by atoms with van der Waals surface area (Å²) in [7, 11) is 3.14. The maximum Gasteiger partial charge on any atom is 0.306 e. The van der Waals surface area contributed by atoms with Crippen LogP contribution in [0.1, 0.15) is 66.2 Å². The van der Waals surface area contributed by atoms with Gasteiger partial charge in [0.05, 0.1) is 36.9 Å². The van der Waals surface area contributed by atoms with Crippen LogP contribution in [0, 0.1) is 0 Å². The van der Waals surface area contributed by atoms with E-state index in [-0.39, 0.29) is 11.2 Å². The number of carbonyl (C=O) groups is 1. The quantitative estimate of drug-likeness (QED) is 0.104. The molecule has 3 aromatic carbocycles. The average Bonchev–Trinajstić information content (AvgIpc) is 2.99. The standard InChI is InChI=1S/C34H38ClNO3S/c1-38-28-20-18-25(19-21-28)24-40-33(23-34(37)39-2)29-15-10-8-13-26(29)12-6-4-3-5-7-17-32-30(35)22-27-14-9-11-16-31(27)36-32/h8-11,13-16,18-22,33H,3-7,12,17,23-24H2,1-2H3. The number of thioether (sulfide) groups is 1. The highest BCUT2D eigenvalue weighted by atomic mass is 35.5. The van der Waals surface area contributed by atoms with Crippen LogP contribution in [-0.2, 0) is 28.1 Å².